The summed E-state index contributed by atoms with van der Waals surface area (Å²) in [5.41, 5.74) is 0.741. The van der Waals surface area contributed by atoms with Crippen LogP contribution in [0.2, 0.25) is 0 Å². The van der Waals surface area contributed by atoms with Gasteiger partial charge in [-0.15, -0.1) is 0 Å². The molecule has 0 saturated carbocycles. The van der Waals surface area contributed by atoms with Crippen molar-refractivity contribution in [2.24, 2.45) is 5.41 Å². The predicted molar refractivity (Wildman–Crippen MR) is 97.3 cm³/mol. The summed E-state index contributed by atoms with van der Waals surface area (Å²) < 4.78 is 0. The van der Waals surface area contributed by atoms with E-state index in [1.807, 2.05) is 25.7 Å². The minimum Gasteiger partial charge on any atom is -0.349 e. The molecule has 0 spiro atoms. The Morgan fingerprint density at radius 2 is 1.76 bits per heavy atom. The van der Waals surface area contributed by atoms with Crippen LogP contribution in [0.15, 0.2) is 24.3 Å². The van der Waals surface area contributed by atoms with Gasteiger partial charge in [0, 0.05) is 42.7 Å². The Balaban J connectivity index is 1.90. The zero-order valence-corrected chi connectivity index (χ0v) is 15.4. The molecule has 136 valence electrons. The van der Waals surface area contributed by atoms with Gasteiger partial charge in [0.2, 0.25) is 11.8 Å². The van der Waals surface area contributed by atoms with E-state index in [4.69, 9.17) is 0 Å². The average molecular weight is 345 g/mol. The van der Waals surface area contributed by atoms with Crippen molar-refractivity contribution < 1.29 is 14.4 Å². The number of carbonyl (C=O) groups is 3. The molecule has 6 nitrogen and oxygen atoms in total. The van der Waals surface area contributed by atoms with Crippen molar-refractivity contribution in [3.05, 3.63) is 29.8 Å². The molecular formula is C19H27N3O3. The summed E-state index contributed by atoms with van der Waals surface area (Å²) in [7, 11) is 0. The van der Waals surface area contributed by atoms with Crippen molar-refractivity contribution in [3.8, 4) is 0 Å². The normalized spacial score (nSPS) is 15.6. The number of nitrogens with zero attached hydrogens (tertiary/aromatic N) is 1. The molecule has 0 aromatic heterocycles. The van der Waals surface area contributed by atoms with E-state index >= 15 is 0 Å². The number of hydrogen-bond acceptors (Lipinski definition) is 3. The summed E-state index contributed by atoms with van der Waals surface area (Å²) in [5, 5.41) is 5.70. The highest BCUT2D eigenvalue weighted by molar-refractivity contribution is 5.97. The summed E-state index contributed by atoms with van der Waals surface area (Å²) in [4.78, 5) is 37.7. The second-order valence-corrected chi connectivity index (χ2v) is 7.55. The Hall–Kier alpha value is -2.37. The van der Waals surface area contributed by atoms with Crippen LogP contribution in [0.3, 0.4) is 0 Å². The van der Waals surface area contributed by atoms with E-state index in [1.165, 1.54) is 6.92 Å². The molecule has 2 rings (SSSR count). The van der Waals surface area contributed by atoms with Crippen molar-refractivity contribution >= 4 is 23.4 Å². The number of piperidine rings is 1. The smallest absolute Gasteiger partial charge is 0.251 e. The SMILES string of the molecule is CC(=O)Nc1cccc(C(=O)NC2CCN(C(=O)C(C)(C)C)CC2)c1. The van der Waals surface area contributed by atoms with Crippen LogP contribution in [0.4, 0.5) is 5.69 Å². The molecule has 1 aromatic carbocycles. The van der Waals surface area contributed by atoms with E-state index in [0.29, 0.717) is 24.3 Å². The molecule has 2 N–H and O–H groups in total. The Morgan fingerprint density at radius 1 is 1.12 bits per heavy atom. The van der Waals surface area contributed by atoms with Crippen LogP contribution in [0.5, 0.6) is 0 Å². The second-order valence-electron chi connectivity index (χ2n) is 7.55. The Labute approximate surface area is 149 Å². The number of anilines is 1. The minimum absolute atomic E-state index is 0.0564. The van der Waals surface area contributed by atoms with Gasteiger partial charge in [0.15, 0.2) is 0 Å². The second kappa shape index (κ2) is 7.68. The van der Waals surface area contributed by atoms with Crippen molar-refractivity contribution in [2.45, 2.75) is 46.6 Å². The maximum atomic E-state index is 12.4. The molecule has 0 aliphatic carbocycles. The lowest BCUT2D eigenvalue weighted by molar-refractivity contribution is -0.140. The first-order valence-corrected chi connectivity index (χ1v) is 8.64. The number of rotatable bonds is 3. The van der Waals surface area contributed by atoms with Crippen LogP contribution in [-0.2, 0) is 9.59 Å². The lowest BCUT2D eigenvalue weighted by Gasteiger charge is -2.36. The van der Waals surface area contributed by atoms with Crippen molar-refractivity contribution in [1.29, 1.82) is 0 Å². The van der Waals surface area contributed by atoms with E-state index in [2.05, 4.69) is 10.6 Å². The molecule has 1 aliphatic rings. The van der Waals surface area contributed by atoms with Crippen LogP contribution in [0, 0.1) is 5.41 Å². The van der Waals surface area contributed by atoms with Gasteiger partial charge < -0.3 is 15.5 Å². The van der Waals surface area contributed by atoms with Crippen LogP contribution in [-0.4, -0.2) is 41.8 Å². The average Bonchev–Trinajstić information content (AvgIpc) is 2.53. The van der Waals surface area contributed by atoms with E-state index in [0.717, 1.165) is 12.8 Å². The summed E-state index contributed by atoms with van der Waals surface area (Å²) in [6.07, 6.45) is 1.50. The summed E-state index contributed by atoms with van der Waals surface area (Å²) in [6.45, 7) is 8.52. The molecule has 1 saturated heterocycles. The molecule has 1 aliphatic heterocycles. The summed E-state index contributed by atoms with van der Waals surface area (Å²) >= 11 is 0. The lowest BCUT2D eigenvalue weighted by atomic mass is 9.93. The monoisotopic (exact) mass is 345 g/mol. The molecular weight excluding hydrogens is 318 g/mol. The highest BCUT2D eigenvalue weighted by atomic mass is 16.2. The number of hydrogen-bond donors (Lipinski definition) is 2. The van der Waals surface area contributed by atoms with Gasteiger partial charge in [-0.3, -0.25) is 14.4 Å². The maximum absolute atomic E-state index is 12.4. The van der Waals surface area contributed by atoms with E-state index in [9.17, 15) is 14.4 Å². The highest BCUT2D eigenvalue weighted by Gasteiger charge is 2.30. The molecule has 1 heterocycles. The molecule has 3 amide bonds. The number of amides is 3. The molecule has 0 unspecified atom stereocenters. The first-order chi connectivity index (χ1) is 11.7. The van der Waals surface area contributed by atoms with Gasteiger partial charge >= 0.3 is 0 Å². The van der Waals surface area contributed by atoms with Crippen LogP contribution < -0.4 is 10.6 Å². The summed E-state index contributed by atoms with van der Waals surface area (Å²) in [5.74, 6) is -0.179. The zero-order chi connectivity index (χ0) is 18.6. The van der Waals surface area contributed by atoms with Gasteiger partial charge in [-0.25, -0.2) is 0 Å². The van der Waals surface area contributed by atoms with Gasteiger partial charge in [0.1, 0.15) is 0 Å². The molecule has 1 fully saturated rings. The van der Waals surface area contributed by atoms with Crippen molar-refractivity contribution in [1.82, 2.24) is 10.2 Å². The molecule has 25 heavy (non-hydrogen) atoms. The van der Waals surface area contributed by atoms with Gasteiger partial charge in [-0.05, 0) is 31.0 Å². The van der Waals surface area contributed by atoms with Gasteiger partial charge in [-0.2, -0.15) is 0 Å². The van der Waals surface area contributed by atoms with Crippen LogP contribution in [0.25, 0.3) is 0 Å². The van der Waals surface area contributed by atoms with Gasteiger partial charge in [0.25, 0.3) is 5.91 Å². The van der Waals surface area contributed by atoms with Crippen molar-refractivity contribution in [2.75, 3.05) is 18.4 Å². The zero-order valence-electron chi connectivity index (χ0n) is 15.4. The van der Waals surface area contributed by atoms with Crippen molar-refractivity contribution in [3.63, 3.8) is 0 Å². The number of benzene rings is 1. The Morgan fingerprint density at radius 3 is 2.32 bits per heavy atom. The quantitative estimate of drug-likeness (QED) is 0.883. The molecule has 1 aromatic rings. The maximum Gasteiger partial charge on any atom is 0.251 e. The van der Waals surface area contributed by atoms with E-state index < -0.39 is 0 Å². The number of nitrogens with one attached hydrogen (secondary N) is 2. The fourth-order valence-electron chi connectivity index (χ4n) is 2.91. The molecule has 0 bridgehead atoms. The summed E-state index contributed by atoms with van der Waals surface area (Å²) in [6, 6.07) is 6.92. The van der Waals surface area contributed by atoms with Crippen LogP contribution in [0.1, 0.15) is 50.9 Å². The standard InChI is InChI=1S/C19H27N3O3/c1-13(23)20-16-7-5-6-14(12-16)17(24)21-15-8-10-22(11-9-15)18(25)19(2,3)4/h5-7,12,15H,8-11H2,1-4H3,(H,20,23)(H,21,24). The van der Waals surface area contributed by atoms with E-state index in [-0.39, 0.29) is 29.2 Å². The fourth-order valence-corrected chi connectivity index (χ4v) is 2.91. The molecule has 0 radical (unpaired) electrons. The lowest BCUT2D eigenvalue weighted by Crippen LogP contribution is -2.49. The van der Waals surface area contributed by atoms with Gasteiger partial charge in [-0.1, -0.05) is 26.8 Å². The topological polar surface area (TPSA) is 78.5 Å². The highest BCUT2D eigenvalue weighted by Crippen LogP contribution is 2.21. The van der Waals surface area contributed by atoms with Crippen LogP contribution >= 0.6 is 0 Å². The first kappa shape index (κ1) is 19.0. The largest absolute Gasteiger partial charge is 0.349 e. The molecule has 0 atom stereocenters. The predicted octanol–water partition coefficient (Wildman–Crippen LogP) is 2.41. The minimum atomic E-state index is -0.375. The third kappa shape index (κ3) is 5.31. The number of likely N-dealkylation sites (tertiary alicyclic amines) is 1. The third-order valence-electron chi connectivity index (χ3n) is 4.20. The first-order valence-electron chi connectivity index (χ1n) is 8.64. The Kier molecular flexibility index (Phi) is 5.82. The van der Waals surface area contributed by atoms with Gasteiger partial charge in [0.05, 0.1) is 0 Å². The number of carbonyl (C=O) groups excluding carboxylic acids is 3. The Bertz CT molecular complexity index is 656. The third-order valence-corrected chi connectivity index (χ3v) is 4.20. The molecule has 6 heteroatoms. The van der Waals surface area contributed by atoms with E-state index in [1.54, 1.807) is 24.3 Å². The fraction of sp³-hybridized carbons (Fsp3) is 0.526.